The first-order chi connectivity index (χ1) is 9.60. The van der Waals surface area contributed by atoms with Gasteiger partial charge in [-0.1, -0.05) is 13.0 Å². The van der Waals surface area contributed by atoms with Gasteiger partial charge in [0.2, 0.25) is 0 Å². The van der Waals surface area contributed by atoms with E-state index in [2.05, 4.69) is 27.3 Å². The highest BCUT2D eigenvalue weighted by molar-refractivity contribution is 7.99. The lowest BCUT2D eigenvalue weighted by Gasteiger charge is -2.07. The second-order valence-electron chi connectivity index (χ2n) is 4.09. The number of hydrogen-bond donors (Lipinski definition) is 2. The van der Waals surface area contributed by atoms with E-state index in [1.807, 2.05) is 18.2 Å². The van der Waals surface area contributed by atoms with Gasteiger partial charge in [0.1, 0.15) is 10.8 Å². The predicted octanol–water partition coefficient (Wildman–Crippen LogP) is 0.837. The van der Waals surface area contributed by atoms with Crippen LogP contribution >= 0.6 is 11.8 Å². The third-order valence-corrected chi connectivity index (χ3v) is 3.41. The zero-order valence-electron chi connectivity index (χ0n) is 11.2. The molecule has 0 aromatic carbocycles. The summed E-state index contributed by atoms with van der Waals surface area (Å²) in [6.07, 6.45) is 1.01. The van der Waals surface area contributed by atoms with Crippen molar-refractivity contribution in [3.63, 3.8) is 0 Å². The normalized spacial score (nSPS) is 10.5. The Kier molecular flexibility index (Phi) is 4.57. The highest BCUT2D eigenvalue weighted by Crippen LogP contribution is 2.23. The van der Waals surface area contributed by atoms with E-state index >= 15 is 0 Å². The third-order valence-electron chi connectivity index (χ3n) is 2.42. The maximum Gasteiger partial charge on any atom is 0.339 e. The number of anilines is 1. The Hall–Kier alpha value is -2.09. The maximum absolute atomic E-state index is 11.3. The molecule has 0 spiro atoms. The smallest absolute Gasteiger partial charge is 0.339 e. The fourth-order valence-corrected chi connectivity index (χ4v) is 2.26. The van der Waals surface area contributed by atoms with Crippen molar-refractivity contribution in [2.24, 2.45) is 7.05 Å². The summed E-state index contributed by atoms with van der Waals surface area (Å²) in [7, 11) is 1.62. The standard InChI is InChI=1S/C12H15N5O2S/c1-3-7-13-8-5-4-6-9(14-8)20-12-15-10(18)11(19)16-17(12)2/h4-6H,3,7H2,1-2H3,(H,13,14)(H,16,19). The second-order valence-corrected chi connectivity index (χ2v) is 5.08. The van der Waals surface area contributed by atoms with E-state index < -0.39 is 11.1 Å². The third kappa shape index (κ3) is 3.47. The van der Waals surface area contributed by atoms with Gasteiger partial charge in [-0.05, 0) is 30.3 Å². The topological polar surface area (TPSA) is 92.7 Å². The van der Waals surface area contributed by atoms with Crippen LogP contribution in [0.25, 0.3) is 0 Å². The minimum atomic E-state index is -0.800. The van der Waals surface area contributed by atoms with Gasteiger partial charge in [-0.3, -0.25) is 19.4 Å². The van der Waals surface area contributed by atoms with Crippen LogP contribution < -0.4 is 16.4 Å². The van der Waals surface area contributed by atoms with Gasteiger partial charge in [0, 0.05) is 13.6 Å². The Morgan fingerprint density at radius 2 is 2.15 bits per heavy atom. The summed E-state index contributed by atoms with van der Waals surface area (Å²) in [5, 5.41) is 6.66. The minimum Gasteiger partial charge on any atom is -0.370 e. The van der Waals surface area contributed by atoms with Gasteiger partial charge in [0.15, 0.2) is 5.16 Å². The molecule has 8 heteroatoms. The highest BCUT2D eigenvalue weighted by atomic mass is 32.2. The molecule has 0 unspecified atom stereocenters. The summed E-state index contributed by atoms with van der Waals surface area (Å²) >= 11 is 1.22. The lowest BCUT2D eigenvalue weighted by molar-refractivity contribution is 0.596. The van der Waals surface area contributed by atoms with Gasteiger partial charge in [0.05, 0.1) is 0 Å². The largest absolute Gasteiger partial charge is 0.370 e. The van der Waals surface area contributed by atoms with Crippen molar-refractivity contribution in [3.05, 3.63) is 38.9 Å². The SMILES string of the molecule is CCCNc1cccc(Sc2nc(=O)c(=O)[nH]n2C)n1. The molecule has 2 aromatic rings. The first kappa shape index (κ1) is 14.3. The number of rotatable bonds is 5. The first-order valence-electron chi connectivity index (χ1n) is 6.16. The van der Waals surface area contributed by atoms with E-state index in [0.29, 0.717) is 10.2 Å². The van der Waals surface area contributed by atoms with Crippen molar-refractivity contribution in [2.75, 3.05) is 11.9 Å². The molecule has 0 fully saturated rings. The molecule has 2 rings (SSSR count). The predicted molar refractivity (Wildman–Crippen MR) is 77.2 cm³/mol. The maximum atomic E-state index is 11.3. The Morgan fingerprint density at radius 1 is 1.35 bits per heavy atom. The Labute approximate surface area is 119 Å². The van der Waals surface area contributed by atoms with E-state index in [1.165, 1.54) is 16.4 Å². The first-order valence-corrected chi connectivity index (χ1v) is 6.98. The molecule has 0 amide bonds. The van der Waals surface area contributed by atoms with Gasteiger partial charge in [-0.15, -0.1) is 0 Å². The number of aryl methyl sites for hydroxylation is 1. The molecule has 0 aliphatic carbocycles. The molecule has 7 nitrogen and oxygen atoms in total. The summed E-state index contributed by atoms with van der Waals surface area (Å²) in [5.74, 6) is 0.770. The Morgan fingerprint density at radius 3 is 2.90 bits per heavy atom. The molecule has 0 saturated heterocycles. The van der Waals surface area contributed by atoms with Crippen molar-refractivity contribution in [3.8, 4) is 0 Å². The summed E-state index contributed by atoms with van der Waals surface area (Å²) in [5.41, 5.74) is -1.53. The number of hydrogen-bond acceptors (Lipinski definition) is 6. The number of nitrogens with one attached hydrogen (secondary N) is 2. The number of aromatic nitrogens is 4. The van der Waals surface area contributed by atoms with Gasteiger partial charge >= 0.3 is 11.1 Å². The molecule has 0 radical (unpaired) electrons. The van der Waals surface area contributed by atoms with Crippen LogP contribution in [0, 0.1) is 0 Å². The van der Waals surface area contributed by atoms with E-state index in [4.69, 9.17) is 0 Å². The van der Waals surface area contributed by atoms with Crippen molar-refractivity contribution in [1.82, 2.24) is 19.7 Å². The van der Waals surface area contributed by atoms with Crippen LogP contribution in [0.2, 0.25) is 0 Å². The zero-order chi connectivity index (χ0) is 14.5. The van der Waals surface area contributed by atoms with Gasteiger partial charge in [0.25, 0.3) is 0 Å². The summed E-state index contributed by atoms with van der Waals surface area (Å²) in [6.45, 7) is 2.92. The molecule has 0 atom stereocenters. The Bertz CT molecular complexity index is 709. The van der Waals surface area contributed by atoms with Crippen LogP contribution in [-0.4, -0.2) is 26.3 Å². The highest BCUT2D eigenvalue weighted by Gasteiger charge is 2.07. The van der Waals surface area contributed by atoms with Crippen LogP contribution in [0.15, 0.2) is 38.0 Å². The number of nitrogens with zero attached hydrogens (tertiary/aromatic N) is 3. The molecule has 0 bridgehead atoms. The fraction of sp³-hybridized carbons (Fsp3) is 0.333. The van der Waals surface area contributed by atoms with Gasteiger partial charge < -0.3 is 5.32 Å². The minimum absolute atomic E-state index is 0.384. The molecular weight excluding hydrogens is 278 g/mol. The van der Waals surface area contributed by atoms with Crippen molar-refractivity contribution in [2.45, 2.75) is 23.5 Å². The average molecular weight is 293 g/mol. The second kappa shape index (κ2) is 6.38. The monoisotopic (exact) mass is 293 g/mol. The van der Waals surface area contributed by atoms with E-state index in [9.17, 15) is 9.59 Å². The number of pyridine rings is 1. The van der Waals surface area contributed by atoms with Crippen molar-refractivity contribution >= 4 is 17.6 Å². The summed E-state index contributed by atoms with van der Waals surface area (Å²) < 4.78 is 1.40. The molecule has 0 aliphatic heterocycles. The van der Waals surface area contributed by atoms with Crippen LogP contribution in [0.1, 0.15) is 13.3 Å². The molecule has 2 N–H and O–H groups in total. The van der Waals surface area contributed by atoms with Crippen LogP contribution in [0.5, 0.6) is 0 Å². The Balaban J connectivity index is 2.24. The average Bonchev–Trinajstić information content (AvgIpc) is 2.43. The molecule has 106 valence electrons. The van der Waals surface area contributed by atoms with Crippen LogP contribution in [-0.2, 0) is 7.05 Å². The summed E-state index contributed by atoms with van der Waals surface area (Å²) in [4.78, 5) is 30.5. The zero-order valence-corrected chi connectivity index (χ0v) is 12.0. The molecule has 0 saturated carbocycles. The molecule has 2 heterocycles. The van der Waals surface area contributed by atoms with Gasteiger partial charge in [-0.2, -0.15) is 4.98 Å². The quantitative estimate of drug-likeness (QED) is 0.793. The fourth-order valence-electron chi connectivity index (χ4n) is 1.47. The van der Waals surface area contributed by atoms with Crippen LogP contribution in [0.4, 0.5) is 5.82 Å². The lowest BCUT2D eigenvalue weighted by atomic mass is 10.4. The van der Waals surface area contributed by atoms with Crippen molar-refractivity contribution in [1.29, 1.82) is 0 Å². The molecule has 2 aromatic heterocycles. The van der Waals surface area contributed by atoms with Gasteiger partial charge in [-0.25, -0.2) is 4.98 Å². The molecular formula is C12H15N5O2S. The van der Waals surface area contributed by atoms with E-state index in [1.54, 1.807) is 7.05 Å². The molecule has 20 heavy (non-hydrogen) atoms. The van der Waals surface area contributed by atoms with E-state index in [0.717, 1.165) is 18.8 Å². The van der Waals surface area contributed by atoms with E-state index in [-0.39, 0.29) is 0 Å². The van der Waals surface area contributed by atoms with Crippen molar-refractivity contribution < 1.29 is 0 Å². The number of aromatic amines is 1. The number of H-pyrrole nitrogens is 1. The molecule has 0 aliphatic rings. The summed E-state index contributed by atoms with van der Waals surface area (Å²) in [6, 6.07) is 5.56. The lowest BCUT2D eigenvalue weighted by Crippen LogP contribution is -2.33. The van der Waals surface area contributed by atoms with Crippen LogP contribution in [0.3, 0.4) is 0 Å².